The second kappa shape index (κ2) is 6.92. The lowest BCUT2D eigenvalue weighted by molar-refractivity contribution is 0.297. The van der Waals surface area contributed by atoms with E-state index in [0.29, 0.717) is 21.5 Å². The third kappa shape index (κ3) is 3.74. The third-order valence-corrected chi connectivity index (χ3v) is 4.01. The summed E-state index contributed by atoms with van der Waals surface area (Å²) in [7, 11) is 1.57. The van der Waals surface area contributed by atoms with E-state index in [2.05, 4.69) is 31.9 Å². The zero-order valence-electron chi connectivity index (χ0n) is 11.0. The largest absolute Gasteiger partial charge is 0.496 e. The fourth-order valence-electron chi connectivity index (χ4n) is 1.67. The van der Waals surface area contributed by atoms with Crippen molar-refractivity contribution in [3.63, 3.8) is 0 Å². The van der Waals surface area contributed by atoms with Crippen LogP contribution in [0.15, 0.2) is 39.3 Å². The molecule has 2 aromatic carbocycles. The molecule has 0 heterocycles. The number of halogens is 3. The predicted molar refractivity (Wildman–Crippen MR) is 83.8 cm³/mol. The van der Waals surface area contributed by atoms with Gasteiger partial charge in [-0.1, -0.05) is 6.07 Å². The zero-order valence-corrected chi connectivity index (χ0v) is 14.2. The molecule has 6 heteroatoms. The molecule has 2 rings (SSSR count). The maximum absolute atomic E-state index is 13.8. The number of benzene rings is 2. The van der Waals surface area contributed by atoms with Crippen molar-refractivity contribution in [2.24, 2.45) is 0 Å². The predicted octanol–water partition coefficient (Wildman–Crippen LogP) is 4.81. The molecule has 21 heavy (non-hydrogen) atoms. The van der Waals surface area contributed by atoms with Crippen LogP contribution in [-0.4, -0.2) is 7.11 Å². The van der Waals surface area contributed by atoms with Crippen molar-refractivity contribution in [1.82, 2.24) is 0 Å². The van der Waals surface area contributed by atoms with E-state index in [0.717, 1.165) is 4.47 Å². The number of hydrogen-bond donors (Lipinski definition) is 0. The molecule has 3 nitrogen and oxygen atoms in total. The maximum atomic E-state index is 13.8. The Balaban J connectivity index is 2.17. The van der Waals surface area contributed by atoms with Crippen LogP contribution in [0.4, 0.5) is 4.39 Å². The van der Waals surface area contributed by atoms with Gasteiger partial charge in [-0.15, -0.1) is 0 Å². The average molecular weight is 415 g/mol. The van der Waals surface area contributed by atoms with Crippen molar-refractivity contribution >= 4 is 31.9 Å². The standard InChI is InChI=1S/C15H10Br2FNO2/c1-20-14-5-12(17)15(6-11(14)16)21-8-10-3-2-9(7-19)4-13(10)18/h2-6H,8H2,1H3. The SMILES string of the molecule is COc1cc(Br)c(OCc2ccc(C#N)cc2F)cc1Br. The highest BCUT2D eigenvalue weighted by molar-refractivity contribution is 9.11. The number of nitrogens with zero attached hydrogens (tertiary/aromatic N) is 1. The fraction of sp³-hybridized carbons (Fsp3) is 0.133. The first-order valence-corrected chi connectivity index (χ1v) is 7.48. The van der Waals surface area contributed by atoms with E-state index in [9.17, 15) is 4.39 Å². The summed E-state index contributed by atoms with van der Waals surface area (Å²) in [4.78, 5) is 0. The number of rotatable bonds is 4. The first-order valence-electron chi connectivity index (χ1n) is 5.89. The monoisotopic (exact) mass is 413 g/mol. The fourth-order valence-corrected chi connectivity index (χ4v) is 2.59. The lowest BCUT2D eigenvalue weighted by Gasteiger charge is -2.11. The van der Waals surface area contributed by atoms with E-state index in [4.69, 9.17) is 14.7 Å². The molecular weight excluding hydrogens is 405 g/mol. The van der Waals surface area contributed by atoms with Crippen LogP contribution in [0.3, 0.4) is 0 Å². The van der Waals surface area contributed by atoms with Crippen LogP contribution in [0.1, 0.15) is 11.1 Å². The summed E-state index contributed by atoms with van der Waals surface area (Å²) in [5, 5.41) is 8.71. The molecule has 0 fully saturated rings. The summed E-state index contributed by atoms with van der Waals surface area (Å²) in [6.45, 7) is 0.0644. The van der Waals surface area contributed by atoms with Gasteiger partial charge in [0, 0.05) is 5.56 Å². The van der Waals surface area contributed by atoms with Crippen LogP contribution in [0, 0.1) is 17.1 Å². The highest BCUT2D eigenvalue weighted by atomic mass is 79.9. The Hall–Kier alpha value is -1.58. The Morgan fingerprint density at radius 2 is 1.81 bits per heavy atom. The Labute approximate surface area is 138 Å². The normalized spacial score (nSPS) is 10.0. The van der Waals surface area contributed by atoms with Gasteiger partial charge in [0.1, 0.15) is 23.9 Å². The van der Waals surface area contributed by atoms with Gasteiger partial charge < -0.3 is 9.47 Å². The molecule has 0 bridgehead atoms. The highest BCUT2D eigenvalue weighted by Crippen LogP contribution is 2.36. The molecule has 0 aliphatic carbocycles. The Kier molecular flexibility index (Phi) is 5.21. The second-order valence-electron chi connectivity index (χ2n) is 4.12. The average Bonchev–Trinajstić information content (AvgIpc) is 2.48. The minimum atomic E-state index is -0.460. The molecule has 0 amide bonds. The van der Waals surface area contributed by atoms with Crippen molar-refractivity contribution in [3.05, 3.63) is 56.2 Å². The Morgan fingerprint density at radius 1 is 1.14 bits per heavy atom. The van der Waals surface area contributed by atoms with Gasteiger partial charge in [-0.05, 0) is 56.1 Å². The van der Waals surface area contributed by atoms with Crippen LogP contribution >= 0.6 is 31.9 Å². The second-order valence-corrected chi connectivity index (χ2v) is 5.83. The minimum Gasteiger partial charge on any atom is -0.496 e. The van der Waals surface area contributed by atoms with Crippen molar-refractivity contribution in [3.8, 4) is 17.6 Å². The molecule has 0 unspecified atom stereocenters. The molecule has 0 atom stereocenters. The summed E-state index contributed by atoms with van der Waals surface area (Å²) < 4.78 is 26.0. The van der Waals surface area contributed by atoms with Crippen LogP contribution < -0.4 is 9.47 Å². The van der Waals surface area contributed by atoms with E-state index >= 15 is 0 Å². The quantitative estimate of drug-likeness (QED) is 0.720. The van der Waals surface area contributed by atoms with E-state index in [1.54, 1.807) is 31.4 Å². The lowest BCUT2D eigenvalue weighted by Crippen LogP contribution is -2.00. The van der Waals surface area contributed by atoms with Crippen molar-refractivity contribution in [2.45, 2.75) is 6.61 Å². The molecule has 0 N–H and O–H groups in total. The van der Waals surface area contributed by atoms with Crippen molar-refractivity contribution in [2.75, 3.05) is 7.11 Å². The Bertz CT molecular complexity index is 714. The van der Waals surface area contributed by atoms with Gasteiger partial charge in [-0.25, -0.2) is 4.39 Å². The van der Waals surface area contributed by atoms with Crippen LogP contribution in [-0.2, 0) is 6.61 Å². The third-order valence-electron chi connectivity index (χ3n) is 2.77. The van der Waals surface area contributed by atoms with Gasteiger partial charge in [0.15, 0.2) is 0 Å². The van der Waals surface area contributed by atoms with Gasteiger partial charge in [0.2, 0.25) is 0 Å². The summed E-state index contributed by atoms with van der Waals surface area (Å²) in [5.74, 6) is 0.767. The summed E-state index contributed by atoms with van der Waals surface area (Å²) in [5.41, 5.74) is 0.664. The molecule has 108 valence electrons. The number of methoxy groups -OCH3 is 1. The first kappa shape index (κ1) is 15.8. The molecular formula is C15H10Br2FNO2. The lowest BCUT2D eigenvalue weighted by atomic mass is 10.1. The van der Waals surface area contributed by atoms with Crippen molar-refractivity contribution < 1.29 is 13.9 Å². The molecule has 0 saturated heterocycles. The first-order chi connectivity index (χ1) is 10.0. The summed E-state index contributed by atoms with van der Waals surface area (Å²) in [6.07, 6.45) is 0. The van der Waals surface area contributed by atoms with Gasteiger partial charge >= 0.3 is 0 Å². The minimum absolute atomic E-state index is 0.0644. The van der Waals surface area contributed by atoms with Gasteiger partial charge in [-0.2, -0.15) is 5.26 Å². The number of ether oxygens (including phenoxy) is 2. The maximum Gasteiger partial charge on any atom is 0.135 e. The summed E-state index contributed by atoms with van der Waals surface area (Å²) >= 11 is 6.74. The number of hydrogen-bond acceptors (Lipinski definition) is 3. The summed E-state index contributed by atoms with van der Waals surface area (Å²) in [6, 6.07) is 9.68. The van der Waals surface area contributed by atoms with Crippen molar-refractivity contribution in [1.29, 1.82) is 5.26 Å². The highest BCUT2D eigenvalue weighted by Gasteiger charge is 2.10. The molecule has 0 aromatic heterocycles. The van der Waals surface area contributed by atoms with Gasteiger partial charge in [0.25, 0.3) is 0 Å². The van der Waals surface area contributed by atoms with E-state index in [1.807, 2.05) is 6.07 Å². The van der Waals surface area contributed by atoms with E-state index in [1.165, 1.54) is 6.07 Å². The van der Waals surface area contributed by atoms with Crippen LogP contribution in [0.25, 0.3) is 0 Å². The van der Waals surface area contributed by atoms with Crippen LogP contribution in [0.5, 0.6) is 11.5 Å². The zero-order chi connectivity index (χ0) is 15.4. The molecule has 0 spiro atoms. The number of nitriles is 1. The molecule has 0 aliphatic heterocycles. The molecule has 0 aliphatic rings. The van der Waals surface area contributed by atoms with Gasteiger partial charge in [0.05, 0.1) is 27.7 Å². The smallest absolute Gasteiger partial charge is 0.135 e. The topological polar surface area (TPSA) is 42.2 Å². The molecule has 0 saturated carbocycles. The van der Waals surface area contributed by atoms with Crippen LogP contribution in [0.2, 0.25) is 0 Å². The Morgan fingerprint density at radius 3 is 2.43 bits per heavy atom. The molecule has 2 aromatic rings. The molecule has 0 radical (unpaired) electrons. The van der Waals surface area contributed by atoms with E-state index < -0.39 is 5.82 Å². The van der Waals surface area contributed by atoms with E-state index in [-0.39, 0.29) is 12.2 Å². The van der Waals surface area contributed by atoms with Gasteiger partial charge in [-0.3, -0.25) is 0 Å².